The van der Waals surface area contributed by atoms with Crippen molar-refractivity contribution in [1.82, 2.24) is 4.90 Å². The van der Waals surface area contributed by atoms with E-state index in [1.807, 2.05) is 13.8 Å². The molecule has 35 heavy (non-hydrogen) atoms. The van der Waals surface area contributed by atoms with Crippen molar-refractivity contribution >= 4 is 33.4 Å². The maximum Gasteiger partial charge on any atom is 0.341 e. The lowest BCUT2D eigenvalue weighted by Crippen LogP contribution is -2.38. The number of halogens is 1. The van der Waals surface area contributed by atoms with E-state index in [-0.39, 0.29) is 33.5 Å². The molecule has 2 aromatic rings. The van der Waals surface area contributed by atoms with Gasteiger partial charge in [-0.25, -0.2) is 17.6 Å². The number of nitrogens with one attached hydrogen (secondary N) is 1. The summed E-state index contributed by atoms with van der Waals surface area (Å²) in [5.41, 5.74) is 0.491. The SMILES string of the molecule is CCN(CC)CC=Cc1cc(F)ccc1S(=O)(=O)Nc1ccc2c(c1C(=O)O)OC[C@@H]1CCCN21. The lowest BCUT2D eigenvalue weighted by Gasteiger charge is -2.34. The maximum absolute atomic E-state index is 14.0. The van der Waals surface area contributed by atoms with Gasteiger partial charge in [-0.15, -0.1) is 0 Å². The number of hydrogen-bond acceptors (Lipinski definition) is 6. The molecule has 0 radical (unpaired) electrons. The molecule has 1 atom stereocenters. The van der Waals surface area contributed by atoms with E-state index in [1.165, 1.54) is 12.1 Å². The van der Waals surface area contributed by atoms with Crippen molar-refractivity contribution < 1.29 is 27.4 Å². The fourth-order valence-corrected chi connectivity index (χ4v) is 5.91. The first-order valence-corrected chi connectivity index (χ1v) is 13.2. The van der Waals surface area contributed by atoms with E-state index in [9.17, 15) is 22.7 Å². The number of hydrogen-bond donors (Lipinski definition) is 2. The summed E-state index contributed by atoms with van der Waals surface area (Å²) in [6.07, 6.45) is 5.30. The monoisotopic (exact) mass is 503 g/mol. The van der Waals surface area contributed by atoms with Crippen molar-refractivity contribution in [3.05, 3.63) is 53.4 Å². The van der Waals surface area contributed by atoms with E-state index in [0.29, 0.717) is 18.8 Å². The van der Waals surface area contributed by atoms with Gasteiger partial charge in [0, 0.05) is 13.1 Å². The highest BCUT2D eigenvalue weighted by atomic mass is 32.2. The molecular weight excluding hydrogens is 473 g/mol. The number of aromatic carboxylic acids is 1. The van der Waals surface area contributed by atoms with Crippen LogP contribution in [-0.2, 0) is 10.0 Å². The molecule has 10 heteroatoms. The summed E-state index contributed by atoms with van der Waals surface area (Å²) in [5, 5.41) is 9.94. The highest BCUT2D eigenvalue weighted by Gasteiger charge is 2.35. The molecular formula is C25H30FN3O5S. The molecule has 0 saturated carbocycles. The van der Waals surface area contributed by atoms with Gasteiger partial charge < -0.3 is 19.6 Å². The molecule has 2 aliphatic rings. The van der Waals surface area contributed by atoms with Gasteiger partial charge in [-0.05, 0) is 61.8 Å². The number of nitrogens with zero attached hydrogens (tertiary/aromatic N) is 2. The van der Waals surface area contributed by atoms with Crippen molar-refractivity contribution in [1.29, 1.82) is 0 Å². The number of fused-ring (bicyclic) bond motifs is 3. The van der Waals surface area contributed by atoms with Crippen molar-refractivity contribution in [2.75, 3.05) is 42.4 Å². The molecule has 8 nitrogen and oxygen atoms in total. The highest BCUT2D eigenvalue weighted by molar-refractivity contribution is 7.92. The minimum absolute atomic E-state index is 0.101. The fourth-order valence-electron chi connectivity index (χ4n) is 4.65. The van der Waals surface area contributed by atoms with E-state index in [2.05, 4.69) is 14.5 Å². The second-order valence-corrected chi connectivity index (χ2v) is 10.3. The minimum Gasteiger partial charge on any atom is -0.488 e. The standard InChI is InChI=1S/C25H30FN3O5S/c1-3-28(4-2)13-5-7-17-15-18(26)9-12-22(17)35(32,33)27-20-10-11-21-24(23(20)25(30)31)34-16-19-8-6-14-29(19)21/h5,7,9-12,15,19,27H,3-4,6,8,13-14,16H2,1-2H3,(H,30,31)/t19-/m0/s1. The van der Waals surface area contributed by atoms with Crippen LogP contribution in [-0.4, -0.2) is 63.2 Å². The predicted octanol–water partition coefficient (Wildman–Crippen LogP) is 4.04. The van der Waals surface area contributed by atoms with Gasteiger partial charge in [0.1, 0.15) is 18.0 Å². The number of benzene rings is 2. The van der Waals surface area contributed by atoms with Crippen LogP contribution in [0.25, 0.3) is 6.08 Å². The lowest BCUT2D eigenvalue weighted by molar-refractivity contribution is 0.0692. The summed E-state index contributed by atoms with van der Waals surface area (Å²) in [6.45, 7) is 7.42. The average molecular weight is 504 g/mol. The van der Waals surface area contributed by atoms with Crippen LogP contribution in [0.3, 0.4) is 0 Å². The first-order valence-electron chi connectivity index (χ1n) is 11.8. The molecule has 2 heterocycles. The minimum atomic E-state index is -4.24. The van der Waals surface area contributed by atoms with Gasteiger partial charge in [-0.3, -0.25) is 4.72 Å². The Morgan fingerprint density at radius 2 is 2.06 bits per heavy atom. The third-order valence-corrected chi connectivity index (χ3v) is 7.96. The van der Waals surface area contributed by atoms with Crippen LogP contribution in [0.1, 0.15) is 42.6 Å². The Bertz CT molecular complexity index is 1240. The highest BCUT2D eigenvalue weighted by Crippen LogP contribution is 2.43. The summed E-state index contributed by atoms with van der Waals surface area (Å²) in [6, 6.07) is 6.72. The van der Waals surface area contributed by atoms with Gasteiger partial charge in [-0.1, -0.05) is 26.0 Å². The quantitative estimate of drug-likeness (QED) is 0.533. The van der Waals surface area contributed by atoms with Gasteiger partial charge in [0.2, 0.25) is 0 Å². The molecule has 2 aliphatic heterocycles. The van der Waals surface area contributed by atoms with Crippen LogP contribution in [0.5, 0.6) is 5.75 Å². The van der Waals surface area contributed by atoms with Crippen molar-refractivity contribution in [3.8, 4) is 5.75 Å². The second kappa shape index (κ2) is 10.2. The van der Waals surface area contributed by atoms with Gasteiger partial charge in [0.15, 0.2) is 5.75 Å². The summed E-state index contributed by atoms with van der Waals surface area (Å²) in [7, 11) is -4.24. The third kappa shape index (κ3) is 5.13. The average Bonchev–Trinajstić information content (AvgIpc) is 3.30. The first kappa shape index (κ1) is 25.0. The number of anilines is 2. The molecule has 4 rings (SSSR count). The molecule has 0 amide bonds. The molecule has 0 spiro atoms. The predicted molar refractivity (Wildman–Crippen MR) is 133 cm³/mol. The summed E-state index contributed by atoms with van der Waals surface area (Å²) in [4.78, 5) is 16.3. The molecule has 188 valence electrons. The van der Waals surface area contributed by atoms with Crippen molar-refractivity contribution in [2.24, 2.45) is 0 Å². The van der Waals surface area contributed by atoms with Crippen LogP contribution >= 0.6 is 0 Å². The molecule has 1 fully saturated rings. The van der Waals surface area contributed by atoms with Crippen LogP contribution in [0, 0.1) is 5.82 Å². The Kier molecular flexibility index (Phi) is 7.32. The normalized spacial score (nSPS) is 17.4. The zero-order valence-corrected chi connectivity index (χ0v) is 20.6. The number of sulfonamides is 1. The molecule has 0 unspecified atom stereocenters. The topological polar surface area (TPSA) is 99.2 Å². The van der Waals surface area contributed by atoms with E-state index in [0.717, 1.165) is 44.6 Å². The van der Waals surface area contributed by atoms with Crippen LogP contribution in [0.2, 0.25) is 0 Å². The van der Waals surface area contributed by atoms with Crippen LogP contribution < -0.4 is 14.4 Å². The number of carboxylic acids is 1. The zero-order chi connectivity index (χ0) is 25.2. The van der Waals surface area contributed by atoms with E-state index < -0.39 is 21.8 Å². The Morgan fingerprint density at radius 1 is 1.29 bits per heavy atom. The molecule has 0 bridgehead atoms. The Labute approximate surface area is 205 Å². The van der Waals surface area contributed by atoms with Gasteiger partial charge in [0.05, 0.1) is 22.3 Å². The molecule has 0 aromatic heterocycles. The van der Waals surface area contributed by atoms with Crippen molar-refractivity contribution in [3.63, 3.8) is 0 Å². The lowest BCUT2D eigenvalue weighted by atomic mass is 10.1. The third-order valence-electron chi connectivity index (χ3n) is 6.52. The molecule has 2 N–H and O–H groups in total. The van der Waals surface area contributed by atoms with E-state index in [1.54, 1.807) is 18.2 Å². The van der Waals surface area contributed by atoms with Gasteiger partial charge in [-0.2, -0.15) is 0 Å². The number of carbonyl (C=O) groups is 1. The number of carboxylic acid groups (broad SMARTS) is 1. The Hall–Kier alpha value is -3.11. The van der Waals surface area contributed by atoms with Crippen molar-refractivity contribution in [2.45, 2.75) is 37.6 Å². The van der Waals surface area contributed by atoms with Gasteiger partial charge >= 0.3 is 5.97 Å². The van der Waals surface area contributed by atoms with Crippen LogP contribution in [0.4, 0.5) is 15.8 Å². The summed E-state index contributed by atoms with van der Waals surface area (Å²) in [5.74, 6) is -1.70. The second-order valence-electron chi connectivity index (χ2n) is 8.62. The number of rotatable bonds is 9. The molecule has 1 saturated heterocycles. The summed E-state index contributed by atoms with van der Waals surface area (Å²) >= 11 is 0. The van der Waals surface area contributed by atoms with E-state index >= 15 is 0 Å². The zero-order valence-electron chi connectivity index (χ0n) is 19.8. The largest absolute Gasteiger partial charge is 0.488 e. The summed E-state index contributed by atoms with van der Waals surface area (Å²) < 4.78 is 48.9. The maximum atomic E-state index is 14.0. The molecule has 0 aliphatic carbocycles. The smallest absolute Gasteiger partial charge is 0.341 e. The number of likely N-dealkylation sites (N-methyl/N-ethyl adjacent to an activating group) is 1. The fraction of sp³-hybridized carbons (Fsp3) is 0.400. The first-order chi connectivity index (χ1) is 16.7. The Morgan fingerprint density at radius 3 is 2.77 bits per heavy atom. The van der Waals surface area contributed by atoms with Gasteiger partial charge in [0.25, 0.3) is 10.0 Å². The van der Waals surface area contributed by atoms with E-state index in [4.69, 9.17) is 4.74 Å². The number of ether oxygens (including phenoxy) is 1. The molecule has 2 aromatic carbocycles. The Balaban J connectivity index is 1.68. The van der Waals surface area contributed by atoms with Crippen LogP contribution in [0.15, 0.2) is 41.3 Å².